The predicted molar refractivity (Wildman–Crippen MR) is 200 cm³/mol. The van der Waals surface area contributed by atoms with E-state index in [0.29, 0.717) is 11.8 Å². The van der Waals surface area contributed by atoms with Crippen molar-refractivity contribution in [3.8, 4) is 33.4 Å². The Morgan fingerprint density at radius 2 is 0.979 bits per heavy atom. The van der Waals surface area contributed by atoms with Crippen LogP contribution in [0, 0.1) is 0 Å². The smallest absolute Gasteiger partial charge is 0.0358 e. The molecule has 1 heteroatoms. The van der Waals surface area contributed by atoms with E-state index in [0.717, 1.165) is 12.8 Å². The van der Waals surface area contributed by atoms with E-state index >= 15 is 0 Å². The Morgan fingerprint density at radius 3 is 1.70 bits per heavy atom. The Bertz CT molecular complexity index is 2480. The van der Waals surface area contributed by atoms with Crippen LogP contribution in [0.5, 0.6) is 0 Å². The molecule has 0 saturated carbocycles. The molecule has 47 heavy (non-hydrogen) atoms. The van der Waals surface area contributed by atoms with Gasteiger partial charge in [0.15, 0.2) is 0 Å². The lowest BCUT2D eigenvalue weighted by Gasteiger charge is -2.30. The maximum atomic E-state index is 2.47. The molecule has 0 spiro atoms. The number of hydrogen-bond donors (Lipinski definition) is 0. The molecule has 0 nitrogen and oxygen atoms in total. The van der Waals surface area contributed by atoms with E-state index < -0.39 is 0 Å². The van der Waals surface area contributed by atoms with Gasteiger partial charge in [-0.15, -0.1) is 11.3 Å². The molecular formula is C46H32S. The molecule has 1 heterocycles. The van der Waals surface area contributed by atoms with Crippen molar-refractivity contribution >= 4 is 31.5 Å². The minimum absolute atomic E-state index is 0.303. The molecule has 222 valence electrons. The highest BCUT2D eigenvalue weighted by Gasteiger charge is 2.29. The van der Waals surface area contributed by atoms with E-state index in [-0.39, 0.29) is 0 Å². The van der Waals surface area contributed by atoms with Gasteiger partial charge in [-0.1, -0.05) is 133 Å². The van der Waals surface area contributed by atoms with Gasteiger partial charge < -0.3 is 0 Å². The number of thiophene rings is 1. The van der Waals surface area contributed by atoms with Gasteiger partial charge in [-0.3, -0.25) is 0 Å². The second kappa shape index (κ2) is 10.7. The molecule has 0 bridgehead atoms. The van der Waals surface area contributed by atoms with Crippen molar-refractivity contribution in [2.75, 3.05) is 0 Å². The number of hydrogen-bond acceptors (Lipinski definition) is 1. The van der Waals surface area contributed by atoms with Crippen LogP contribution < -0.4 is 0 Å². The average molecular weight is 617 g/mol. The monoisotopic (exact) mass is 616 g/mol. The lowest BCUT2D eigenvalue weighted by atomic mass is 9.73. The molecule has 7 aromatic carbocycles. The van der Waals surface area contributed by atoms with Gasteiger partial charge in [0, 0.05) is 32.0 Å². The van der Waals surface area contributed by atoms with Crippen LogP contribution in [-0.2, 0) is 12.8 Å². The molecule has 1 aromatic heterocycles. The molecule has 10 rings (SSSR count). The standard InChI is InChI=1S/C46H32S/c1-2-11-29(12-3-1)40-27-32-13-4-6-15-34(32)41-25-30(21-23-36(40)41)31-22-24-37-42(26-31)35-16-7-5-14-33(35)28-43(37)38-18-10-20-45-46(38)39-17-8-9-19-44(39)47-45/h1-26,40,43H,27-28H2. The molecule has 0 radical (unpaired) electrons. The summed E-state index contributed by atoms with van der Waals surface area (Å²) in [7, 11) is 0. The van der Waals surface area contributed by atoms with E-state index in [1.165, 1.54) is 86.9 Å². The van der Waals surface area contributed by atoms with Gasteiger partial charge in [-0.2, -0.15) is 0 Å². The van der Waals surface area contributed by atoms with Gasteiger partial charge in [0.1, 0.15) is 0 Å². The van der Waals surface area contributed by atoms with E-state index in [9.17, 15) is 0 Å². The summed E-state index contributed by atoms with van der Waals surface area (Å²) in [6.07, 6.45) is 2.05. The first kappa shape index (κ1) is 26.9. The quantitative estimate of drug-likeness (QED) is 0.185. The molecule has 0 fully saturated rings. The fourth-order valence-corrected chi connectivity index (χ4v) is 9.62. The van der Waals surface area contributed by atoms with Crippen molar-refractivity contribution in [3.05, 3.63) is 191 Å². The SMILES string of the molecule is c1ccc(C2Cc3ccccc3-c3cc(-c4ccc5c(c4)-c4ccccc4CC5c4cccc5sc6ccccc6c45)ccc32)cc1. The Labute approximate surface area is 279 Å². The Hall–Kier alpha value is -5.24. The summed E-state index contributed by atoms with van der Waals surface area (Å²) in [5.74, 6) is 0.667. The molecular weight excluding hydrogens is 585 g/mol. The van der Waals surface area contributed by atoms with E-state index in [1.54, 1.807) is 0 Å². The van der Waals surface area contributed by atoms with Gasteiger partial charge in [0.25, 0.3) is 0 Å². The minimum atomic E-state index is 0.303. The summed E-state index contributed by atoms with van der Waals surface area (Å²) in [5.41, 5.74) is 16.6. The highest BCUT2D eigenvalue weighted by Crippen LogP contribution is 2.49. The van der Waals surface area contributed by atoms with Crippen molar-refractivity contribution in [1.82, 2.24) is 0 Å². The Kier molecular flexibility index (Phi) is 6.11. The Balaban J connectivity index is 1.14. The third kappa shape index (κ3) is 4.27. The van der Waals surface area contributed by atoms with Gasteiger partial charge in [0.2, 0.25) is 0 Å². The van der Waals surface area contributed by atoms with E-state index in [2.05, 4.69) is 158 Å². The predicted octanol–water partition coefficient (Wildman–Crippen LogP) is 12.4. The number of benzene rings is 7. The normalized spacial score (nSPS) is 16.3. The third-order valence-corrected chi connectivity index (χ3v) is 11.8. The summed E-state index contributed by atoms with van der Waals surface area (Å²) in [6.45, 7) is 0. The van der Waals surface area contributed by atoms with Crippen LogP contribution in [0.4, 0.5) is 0 Å². The van der Waals surface area contributed by atoms with Crippen LogP contribution in [0.3, 0.4) is 0 Å². The van der Waals surface area contributed by atoms with Gasteiger partial charge >= 0.3 is 0 Å². The average Bonchev–Trinajstić information content (AvgIpc) is 3.53. The minimum Gasteiger partial charge on any atom is -0.135 e. The molecule has 0 aliphatic heterocycles. The van der Waals surface area contributed by atoms with Crippen LogP contribution >= 0.6 is 11.3 Å². The summed E-state index contributed by atoms with van der Waals surface area (Å²) < 4.78 is 2.74. The summed E-state index contributed by atoms with van der Waals surface area (Å²) >= 11 is 1.91. The zero-order chi connectivity index (χ0) is 30.9. The number of rotatable bonds is 3. The summed E-state index contributed by atoms with van der Waals surface area (Å²) in [4.78, 5) is 0. The maximum absolute atomic E-state index is 2.47. The Morgan fingerprint density at radius 1 is 0.404 bits per heavy atom. The molecule has 2 aliphatic rings. The lowest BCUT2D eigenvalue weighted by Crippen LogP contribution is -2.13. The van der Waals surface area contributed by atoms with Crippen LogP contribution in [0.2, 0.25) is 0 Å². The zero-order valence-corrected chi connectivity index (χ0v) is 26.8. The first-order valence-corrected chi connectivity index (χ1v) is 17.5. The summed E-state index contributed by atoms with van der Waals surface area (Å²) in [5, 5.41) is 2.80. The topological polar surface area (TPSA) is 0 Å². The second-order valence-electron chi connectivity index (χ2n) is 13.2. The lowest BCUT2D eigenvalue weighted by molar-refractivity contribution is 0.794. The molecule has 2 atom stereocenters. The van der Waals surface area contributed by atoms with Gasteiger partial charge in [-0.25, -0.2) is 0 Å². The maximum Gasteiger partial charge on any atom is 0.0358 e. The molecule has 8 aromatic rings. The first-order chi connectivity index (χ1) is 23.3. The van der Waals surface area contributed by atoms with E-state index in [1.807, 2.05) is 11.3 Å². The number of fused-ring (bicyclic) bond motifs is 9. The van der Waals surface area contributed by atoms with Gasteiger partial charge in [0.05, 0.1) is 0 Å². The zero-order valence-electron chi connectivity index (χ0n) is 26.0. The highest BCUT2D eigenvalue weighted by atomic mass is 32.1. The fraction of sp³-hybridized carbons (Fsp3) is 0.0870. The van der Waals surface area contributed by atoms with Crippen LogP contribution in [0.25, 0.3) is 53.6 Å². The first-order valence-electron chi connectivity index (χ1n) is 16.7. The van der Waals surface area contributed by atoms with Crippen molar-refractivity contribution in [1.29, 1.82) is 0 Å². The largest absolute Gasteiger partial charge is 0.135 e. The van der Waals surface area contributed by atoms with Crippen LogP contribution in [0.1, 0.15) is 45.2 Å². The molecule has 2 unspecified atom stereocenters. The van der Waals surface area contributed by atoms with Crippen molar-refractivity contribution < 1.29 is 0 Å². The fourth-order valence-electron chi connectivity index (χ4n) is 8.48. The van der Waals surface area contributed by atoms with E-state index in [4.69, 9.17) is 0 Å². The highest BCUT2D eigenvalue weighted by molar-refractivity contribution is 7.25. The molecule has 2 aliphatic carbocycles. The van der Waals surface area contributed by atoms with Crippen molar-refractivity contribution in [2.45, 2.75) is 24.7 Å². The molecule has 0 amide bonds. The molecule has 0 saturated heterocycles. The van der Waals surface area contributed by atoms with Gasteiger partial charge in [-0.05, 0) is 104 Å². The second-order valence-corrected chi connectivity index (χ2v) is 14.2. The summed E-state index contributed by atoms with van der Waals surface area (Å²) in [6, 6.07) is 59.4. The van der Waals surface area contributed by atoms with Crippen LogP contribution in [0.15, 0.2) is 158 Å². The third-order valence-electron chi connectivity index (χ3n) is 10.7. The van der Waals surface area contributed by atoms with Crippen molar-refractivity contribution in [3.63, 3.8) is 0 Å². The van der Waals surface area contributed by atoms with Crippen molar-refractivity contribution in [2.24, 2.45) is 0 Å². The molecule has 0 N–H and O–H groups in total. The van der Waals surface area contributed by atoms with Crippen LogP contribution in [-0.4, -0.2) is 0 Å².